The van der Waals surface area contributed by atoms with Crippen LogP contribution in [0.2, 0.25) is 0 Å². The summed E-state index contributed by atoms with van der Waals surface area (Å²) in [4.78, 5) is 25.0. The molecule has 0 saturated heterocycles. The lowest BCUT2D eigenvalue weighted by Gasteiger charge is -2.17. The van der Waals surface area contributed by atoms with Gasteiger partial charge in [-0.1, -0.05) is 0 Å². The third kappa shape index (κ3) is 1.70. The van der Waals surface area contributed by atoms with Crippen molar-refractivity contribution < 1.29 is 8.78 Å². The summed E-state index contributed by atoms with van der Waals surface area (Å²) >= 11 is 1.01. The predicted molar refractivity (Wildman–Crippen MR) is 87.5 cm³/mol. The van der Waals surface area contributed by atoms with Gasteiger partial charge in [-0.15, -0.1) is 0 Å². The molecule has 5 nitrogen and oxygen atoms in total. The van der Waals surface area contributed by atoms with E-state index in [0.29, 0.717) is 17.7 Å². The standard InChI is InChI=1S/C16H13F2N3O2S/c17-8-5-7-12(11(18)10(8)16(19)3-4-16)21(6-1-2-6)15-9(13(7)22)14(23)20-24-15/h5-6H,1-4,19H2,(H,20,23). The molecule has 3 N–H and O–H groups in total. The Bertz CT molecular complexity index is 1150. The maximum Gasteiger partial charge on any atom is 0.271 e. The highest BCUT2D eigenvalue weighted by atomic mass is 32.1. The van der Waals surface area contributed by atoms with Crippen LogP contribution in [0, 0.1) is 11.6 Å². The molecule has 2 aromatic heterocycles. The summed E-state index contributed by atoms with van der Waals surface area (Å²) in [5.41, 5.74) is 3.82. The van der Waals surface area contributed by atoms with Crippen molar-refractivity contribution in [3.05, 3.63) is 43.8 Å². The van der Waals surface area contributed by atoms with Gasteiger partial charge in [-0.2, -0.15) is 0 Å². The zero-order valence-electron chi connectivity index (χ0n) is 12.5. The minimum atomic E-state index is -0.993. The number of nitrogens with one attached hydrogen (secondary N) is 1. The number of pyridine rings is 1. The van der Waals surface area contributed by atoms with Crippen molar-refractivity contribution in [2.45, 2.75) is 37.3 Å². The molecule has 0 unspecified atom stereocenters. The summed E-state index contributed by atoms with van der Waals surface area (Å²) in [7, 11) is 0. The van der Waals surface area contributed by atoms with Crippen LogP contribution in [0.15, 0.2) is 15.7 Å². The number of fused-ring (bicyclic) bond motifs is 2. The molecule has 2 saturated carbocycles. The number of hydrogen-bond acceptors (Lipinski definition) is 4. The Kier molecular flexibility index (Phi) is 2.57. The van der Waals surface area contributed by atoms with Gasteiger partial charge in [0.1, 0.15) is 16.0 Å². The molecule has 2 fully saturated rings. The lowest BCUT2D eigenvalue weighted by Crippen LogP contribution is -2.24. The lowest BCUT2D eigenvalue weighted by atomic mass is 10.0. The third-order valence-corrected chi connectivity index (χ3v) is 5.89. The Morgan fingerprint density at radius 1 is 1.29 bits per heavy atom. The summed E-state index contributed by atoms with van der Waals surface area (Å²) in [6, 6.07) is 1.06. The van der Waals surface area contributed by atoms with Crippen molar-refractivity contribution in [3.8, 4) is 0 Å². The molecule has 2 heterocycles. The maximum absolute atomic E-state index is 15.3. The fourth-order valence-corrected chi connectivity index (χ4v) is 4.36. The van der Waals surface area contributed by atoms with Crippen LogP contribution in [0.25, 0.3) is 21.1 Å². The number of nitrogens with zero attached hydrogens (tertiary/aromatic N) is 1. The molecule has 8 heteroatoms. The van der Waals surface area contributed by atoms with E-state index in [1.807, 2.05) is 0 Å². The van der Waals surface area contributed by atoms with E-state index in [1.165, 1.54) is 0 Å². The van der Waals surface area contributed by atoms with E-state index in [9.17, 15) is 14.0 Å². The van der Waals surface area contributed by atoms with Gasteiger partial charge in [0.2, 0.25) is 5.43 Å². The molecule has 24 heavy (non-hydrogen) atoms. The Morgan fingerprint density at radius 3 is 2.62 bits per heavy atom. The number of halogens is 2. The van der Waals surface area contributed by atoms with Gasteiger partial charge >= 0.3 is 0 Å². The topological polar surface area (TPSA) is 80.9 Å². The molecule has 0 spiro atoms. The molecule has 3 aromatic rings. The SMILES string of the molecule is NC1(c2c(F)cc3c(=O)c4c(=O)[nH]sc4n(C4CC4)c3c2F)CC1. The van der Waals surface area contributed by atoms with E-state index in [4.69, 9.17) is 5.73 Å². The van der Waals surface area contributed by atoms with Crippen molar-refractivity contribution in [2.75, 3.05) is 0 Å². The lowest BCUT2D eigenvalue weighted by molar-refractivity contribution is 0.523. The van der Waals surface area contributed by atoms with Gasteiger partial charge in [0.05, 0.1) is 10.9 Å². The Morgan fingerprint density at radius 2 is 2.00 bits per heavy atom. The van der Waals surface area contributed by atoms with Gasteiger partial charge in [-0.3, -0.25) is 14.0 Å². The van der Waals surface area contributed by atoms with Crippen molar-refractivity contribution >= 4 is 32.7 Å². The quantitative estimate of drug-likeness (QED) is 0.746. The molecule has 2 aliphatic rings. The molecular formula is C16H13F2N3O2S. The van der Waals surface area contributed by atoms with Gasteiger partial charge in [-0.25, -0.2) is 8.78 Å². The molecule has 0 radical (unpaired) electrons. The van der Waals surface area contributed by atoms with Crippen molar-refractivity contribution in [1.29, 1.82) is 0 Å². The third-order valence-electron chi connectivity index (χ3n) is 5.00. The number of H-pyrrole nitrogens is 1. The van der Waals surface area contributed by atoms with E-state index in [1.54, 1.807) is 4.57 Å². The first kappa shape index (κ1) is 14.3. The Balaban J connectivity index is 2.05. The number of benzene rings is 1. The molecule has 0 bridgehead atoms. The van der Waals surface area contributed by atoms with Crippen LogP contribution in [-0.2, 0) is 5.54 Å². The minimum absolute atomic E-state index is 0.0165. The first-order chi connectivity index (χ1) is 11.4. The second-order valence-electron chi connectivity index (χ2n) is 6.74. The van der Waals surface area contributed by atoms with Gasteiger partial charge < -0.3 is 10.3 Å². The highest BCUT2D eigenvalue weighted by Gasteiger charge is 2.45. The number of hydrogen-bond donors (Lipinski definition) is 2. The van der Waals surface area contributed by atoms with Gasteiger partial charge in [0, 0.05) is 17.1 Å². The molecular weight excluding hydrogens is 336 g/mol. The highest BCUT2D eigenvalue weighted by molar-refractivity contribution is 7.12. The molecule has 2 aliphatic carbocycles. The number of rotatable bonds is 2. The van der Waals surface area contributed by atoms with E-state index >= 15 is 4.39 Å². The van der Waals surface area contributed by atoms with Crippen LogP contribution >= 0.6 is 11.5 Å². The van der Waals surface area contributed by atoms with Crippen LogP contribution < -0.4 is 16.7 Å². The Hall–Kier alpha value is -2.06. The van der Waals surface area contributed by atoms with E-state index < -0.39 is 28.2 Å². The second-order valence-corrected chi connectivity index (χ2v) is 7.54. The van der Waals surface area contributed by atoms with Gasteiger partial charge in [-0.05, 0) is 43.3 Å². The Labute approximate surface area is 137 Å². The molecule has 0 atom stereocenters. The zero-order valence-corrected chi connectivity index (χ0v) is 13.3. The first-order valence-electron chi connectivity index (χ1n) is 7.79. The fraction of sp³-hybridized carbons (Fsp3) is 0.375. The van der Waals surface area contributed by atoms with Crippen molar-refractivity contribution in [3.63, 3.8) is 0 Å². The molecule has 5 rings (SSSR count). The average molecular weight is 349 g/mol. The molecule has 0 amide bonds. The van der Waals surface area contributed by atoms with Crippen LogP contribution in [0.1, 0.15) is 37.3 Å². The maximum atomic E-state index is 15.3. The smallest absolute Gasteiger partial charge is 0.271 e. The normalized spacial score (nSPS) is 19.3. The zero-order chi connectivity index (χ0) is 16.8. The van der Waals surface area contributed by atoms with Crippen LogP contribution in [-0.4, -0.2) is 8.94 Å². The van der Waals surface area contributed by atoms with Gasteiger partial charge in [0.25, 0.3) is 5.56 Å². The van der Waals surface area contributed by atoms with Crippen molar-refractivity contribution in [2.24, 2.45) is 5.73 Å². The van der Waals surface area contributed by atoms with E-state index in [2.05, 4.69) is 4.37 Å². The number of nitrogens with two attached hydrogens (primary N) is 1. The fourth-order valence-electron chi connectivity index (χ4n) is 3.44. The summed E-state index contributed by atoms with van der Waals surface area (Å²) in [5, 5.41) is -0.124. The molecule has 0 aliphatic heterocycles. The summed E-state index contributed by atoms with van der Waals surface area (Å²) in [5.74, 6) is -1.58. The average Bonchev–Trinajstić information content (AvgIpc) is 3.43. The molecule has 1 aromatic carbocycles. The molecule has 124 valence electrons. The monoisotopic (exact) mass is 349 g/mol. The van der Waals surface area contributed by atoms with E-state index in [0.717, 1.165) is 30.4 Å². The van der Waals surface area contributed by atoms with Gasteiger partial charge in [0.15, 0.2) is 5.82 Å². The predicted octanol–water partition coefficient (Wildman–Crippen LogP) is 2.47. The van der Waals surface area contributed by atoms with Crippen molar-refractivity contribution in [1.82, 2.24) is 8.94 Å². The van der Waals surface area contributed by atoms with E-state index in [-0.39, 0.29) is 27.9 Å². The van der Waals surface area contributed by atoms with Crippen LogP contribution in [0.5, 0.6) is 0 Å². The highest BCUT2D eigenvalue weighted by Crippen LogP contribution is 2.47. The summed E-state index contributed by atoms with van der Waals surface area (Å²) < 4.78 is 34.0. The number of aromatic nitrogens is 2. The minimum Gasteiger partial charge on any atom is -0.325 e. The van der Waals surface area contributed by atoms with Crippen LogP contribution in [0.3, 0.4) is 0 Å². The first-order valence-corrected chi connectivity index (χ1v) is 8.61. The number of aromatic amines is 1. The largest absolute Gasteiger partial charge is 0.325 e. The summed E-state index contributed by atoms with van der Waals surface area (Å²) in [6.45, 7) is 0. The second kappa shape index (κ2) is 4.31. The van der Waals surface area contributed by atoms with Crippen LogP contribution in [0.4, 0.5) is 8.78 Å². The summed E-state index contributed by atoms with van der Waals surface area (Å²) in [6.07, 6.45) is 2.69.